The lowest BCUT2D eigenvalue weighted by atomic mass is 9.94. The van der Waals surface area contributed by atoms with Gasteiger partial charge in [0.1, 0.15) is 16.8 Å². The Morgan fingerprint density at radius 3 is 2.26 bits per heavy atom. The number of hydrogen-bond acceptors (Lipinski definition) is 7. The van der Waals surface area contributed by atoms with Gasteiger partial charge in [0.15, 0.2) is 0 Å². The highest BCUT2D eigenvalue weighted by Gasteiger charge is 2.40. The van der Waals surface area contributed by atoms with Crippen molar-refractivity contribution in [3.8, 4) is 0 Å². The first kappa shape index (κ1) is 24.9. The minimum absolute atomic E-state index is 0.0228. The first-order valence-electron chi connectivity index (χ1n) is 12.0. The fourth-order valence-corrected chi connectivity index (χ4v) is 6.07. The summed E-state index contributed by atoms with van der Waals surface area (Å²) in [5, 5.41) is 0. The number of pyridine rings is 1. The van der Waals surface area contributed by atoms with Crippen LogP contribution in [-0.4, -0.2) is 104 Å². The predicted octanol–water partition coefficient (Wildman–Crippen LogP) is 0.788. The van der Waals surface area contributed by atoms with Crippen molar-refractivity contribution in [3.63, 3.8) is 0 Å². The molecule has 3 aliphatic heterocycles. The third kappa shape index (κ3) is 5.06. The van der Waals surface area contributed by atoms with E-state index in [9.17, 15) is 18.0 Å². The number of amides is 2. The molecular weight excluding hydrogens is 458 g/mol. The summed E-state index contributed by atoms with van der Waals surface area (Å²) in [6.07, 6.45) is 2.97. The summed E-state index contributed by atoms with van der Waals surface area (Å²) < 4.78 is 32.3. The maximum Gasteiger partial charge on any atom is 0.245 e. The van der Waals surface area contributed by atoms with Crippen LogP contribution in [0.1, 0.15) is 33.6 Å². The summed E-state index contributed by atoms with van der Waals surface area (Å²) in [6.45, 7) is 10.1. The summed E-state index contributed by atoms with van der Waals surface area (Å²) >= 11 is 0. The van der Waals surface area contributed by atoms with Crippen LogP contribution in [0.4, 0.5) is 5.82 Å². The quantitative estimate of drug-likeness (QED) is 0.611. The molecule has 188 valence electrons. The third-order valence-electron chi connectivity index (χ3n) is 6.68. The number of sulfonamides is 1. The molecule has 34 heavy (non-hydrogen) atoms. The number of likely N-dealkylation sites (tertiary alicyclic amines) is 1. The Morgan fingerprint density at radius 2 is 1.68 bits per heavy atom. The largest absolute Gasteiger partial charge is 0.379 e. The number of ether oxygens (including phenoxy) is 1. The van der Waals surface area contributed by atoms with Crippen LogP contribution in [0.15, 0.2) is 23.2 Å². The van der Waals surface area contributed by atoms with Crippen LogP contribution in [0.3, 0.4) is 0 Å². The van der Waals surface area contributed by atoms with E-state index in [0.717, 1.165) is 6.42 Å². The highest BCUT2D eigenvalue weighted by atomic mass is 32.2. The molecular formula is C23H35N5O5S. The Morgan fingerprint density at radius 1 is 1.00 bits per heavy atom. The standard InChI is InChI=1S/C23H35N5O5S/c1-23(2,3)22(30)28-8-4-5-19(28)21(29)26-11-9-25(10-12-26)20-7-6-18(17-24-20)34(31,32)27-13-15-33-16-14-27/h6-7,17,19H,4-5,8-16H2,1-3H3/t19-/m1/s1. The Hall–Kier alpha value is -2.24. The van der Waals surface area contributed by atoms with E-state index in [1.807, 2.05) is 25.7 Å². The first-order chi connectivity index (χ1) is 16.1. The lowest BCUT2D eigenvalue weighted by Gasteiger charge is -2.38. The molecule has 1 aromatic rings. The zero-order chi connectivity index (χ0) is 24.5. The van der Waals surface area contributed by atoms with Gasteiger partial charge in [-0.3, -0.25) is 9.59 Å². The van der Waals surface area contributed by atoms with Crippen molar-refractivity contribution >= 4 is 27.7 Å². The summed E-state index contributed by atoms with van der Waals surface area (Å²) in [5.74, 6) is 0.742. The van der Waals surface area contributed by atoms with E-state index >= 15 is 0 Å². The monoisotopic (exact) mass is 493 g/mol. The molecule has 3 saturated heterocycles. The van der Waals surface area contributed by atoms with Crippen LogP contribution in [0.25, 0.3) is 0 Å². The molecule has 0 radical (unpaired) electrons. The molecule has 0 aromatic carbocycles. The molecule has 11 heteroatoms. The van der Waals surface area contributed by atoms with Gasteiger partial charge in [-0.1, -0.05) is 20.8 Å². The number of nitrogens with zero attached hydrogens (tertiary/aromatic N) is 5. The average Bonchev–Trinajstić information content (AvgIpc) is 3.33. The predicted molar refractivity (Wildman–Crippen MR) is 127 cm³/mol. The molecule has 4 heterocycles. The first-order valence-corrected chi connectivity index (χ1v) is 13.4. The minimum Gasteiger partial charge on any atom is -0.379 e. The second kappa shape index (κ2) is 9.79. The number of hydrogen-bond donors (Lipinski definition) is 0. The minimum atomic E-state index is -3.57. The molecule has 0 unspecified atom stereocenters. The Labute approximate surface area is 201 Å². The van der Waals surface area contributed by atoms with E-state index in [4.69, 9.17) is 4.74 Å². The van der Waals surface area contributed by atoms with E-state index in [2.05, 4.69) is 9.88 Å². The Balaban J connectivity index is 1.35. The molecule has 3 fully saturated rings. The second-order valence-electron chi connectivity index (χ2n) is 10.1. The van der Waals surface area contributed by atoms with Gasteiger partial charge in [-0.2, -0.15) is 4.31 Å². The van der Waals surface area contributed by atoms with Gasteiger partial charge in [0.25, 0.3) is 0 Å². The van der Waals surface area contributed by atoms with E-state index < -0.39 is 15.4 Å². The van der Waals surface area contributed by atoms with Crippen molar-refractivity contribution in [2.45, 2.75) is 44.6 Å². The molecule has 0 spiro atoms. The van der Waals surface area contributed by atoms with Crippen LogP contribution in [0.5, 0.6) is 0 Å². The van der Waals surface area contributed by atoms with Crippen molar-refractivity contribution in [1.82, 2.24) is 19.1 Å². The van der Waals surface area contributed by atoms with Crippen molar-refractivity contribution in [3.05, 3.63) is 18.3 Å². The van der Waals surface area contributed by atoms with Gasteiger partial charge in [0.05, 0.1) is 13.2 Å². The van der Waals surface area contributed by atoms with Crippen LogP contribution >= 0.6 is 0 Å². The molecule has 3 aliphatic rings. The molecule has 0 bridgehead atoms. The number of carbonyl (C=O) groups excluding carboxylic acids is 2. The molecule has 1 atom stereocenters. The smallest absolute Gasteiger partial charge is 0.245 e. The third-order valence-corrected chi connectivity index (χ3v) is 8.57. The molecule has 1 aromatic heterocycles. The van der Waals surface area contributed by atoms with Crippen LogP contribution in [-0.2, 0) is 24.3 Å². The van der Waals surface area contributed by atoms with Gasteiger partial charge >= 0.3 is 0 Å². The topological polar surface area (TPSA) is 103 Å². The molecule has 10 nitrogen and oxygen atoms in total. The van der Waals surface area contributed by atoms with Crippen molar-refractivity contribution in [1.29, 1.82) is 0 Å². The number of carbonyl (C=O) groups is 2. The van der Waals surface area contributed by atoms with E-state index in [-0.39, 0.29) is 22.8 Å². The second-order valence-corrected chi connectivity index (χ2v) is 12.0. The molecule has 0 aliphatic carbocycles. The van der Waals surface area contributed by atoms with Gasteiger partial charge in [0.2, 0.25) is 21.8 Å². The Kier molecular flexibility index (Phi) is 7.16. The lowest BCUT2D eigenvalue weighted by molar-refractivity contribution is -0.148. The Bertz CT molecular complexity index is 994. The maximum atomic E-state index is 13.2. The number of morpholine rings is 1. The van der Waals surface area contributed by atoms with Gasteiger partial charge in [-0.15, -0.1) is 0 Å². The molecule has 0 N–H and O–H groups in total. The summed E-state index contributed by atoms with van der Waals surface area (Å²) in [6, 6.07) is 2.95. The number of rotatable bonds is 4. The van der Waals surface area contributed by atoms with Gasteiger partial charge < -0.3 is 19.4 Å². The summed E-state index contributed by atoms with van der Waals surface area (Å²) in [4.78, 5) is 36.2. The highest BCUT2D eigenvalue weighted by molar-refractivity contribution is 7.89. The summed E-state index contributed by atoms with van der Waals surface area (Å²) in [5.41, 5.74) is -0.505. The van der Waals surface area contributed by atoms with E-state index in [1.165, 1.54) is 10.5 Å². The zero-order valence-corrected chi connectivity index (χ0v) is 21.1. The normalized spacial score (nSPS) is 22.8. The maximum absolute atomic E-state index is 13.2. The molecule has 4 rings (SSSR count). The van der Waals surface area contributed by atoms with E-state index in [1.54, 1.807) is 17.0 Å². The fraction of sp³-hybridized carbons (Fsp3) is 0.696. The molecule has 0 saturated carbocycles. The number of aromatic nitrogens is 1. The lowest BCUT2D eigenvalue weighted by Crippen LogP contribution is -2.55. The summed E-state index contributed by atoms with van der Waals surface area (Å²) in [7, 11) is -3.57. The van der Waals surface area contributed by atoms with Crippen LogP contribution < -0.4 is 4.90 Å². The SMILES string of the molecule is CC(C)(C)C(=O)N1CCC[C@@H]1C(=O)N1CCN(c2ccc(S(=O)(=O)N3CCOCC3)cn2)CC1. The van der Waals surface area contributed by atoms with Gasteiger partial charge in [-0.05, 0) is 25.0 Å². The van der Waals surface area contributed by atoms with Crippen molar-refractivity contribution in [2.75, 3.05) is 63.9 Å². The average molecular weight is 494 g/mol. The van der Waals surface area contributed by atoms with Gasteiger partial charge in [-0.25, -0.2) is 13.4 Å². The fourth-order valence-electron chi connectivity index (χ4n) is 4.71. The van der Waals surface area contributed by atoms with E-state index in [0.29, 0.717) is 71.3 Å². The number of anilines is 1. The van der Waals surface area contributed by atoms with Gasteiger partial charge in [0, 0.05) is 57.4 Å². The highest BCUT2D eigenvalue weighted by Crippen LogP contribution is 2.27. The van der Waals surface area contributed by atoms with Crippen LogP contribution in [0, 0.1) is 5.41 Å². The molecule has 2 amide bonds. The zero-order valence-electron chi connectivity index (χ0n) is 20.3. The number of piperazine rings is 1. The van der Waals surface area contributed by atoms with Crippen molar-refractivity contribution < 1.29 is 22.7 Å². The van der Waals surface area contributed by atoms with Crippen LogP contribution in [0.2, 0.25) is 0 Å². The van der Waals surface area contributed by atoms with Crippen molar-refractivity contribution in [2.24, 2.45) is 5.41 Å².